The van der Waals surface area contributed by atoms with Crippen LogP contribution in [0, 0.1) is 11.3 Å². The lowest BCUT2D eigenvalue weighted by Crippen LogP contribution is -2.42. The highest BCUT2D eigenvalue weighted by molar-refractivity contribution is 5.92. The Labute approximate surface area is 110 Å². The van der Waals surface area contributed by atoms with Crippen molar-refractivity contribution in [1.29, 1.82) is 5.26 Å². The molecule has 0 bridgehead atoms. The number of hydrogen-bond donors (Lipinski definition) is 2. The van der Waals surface area contributed by atoms with Crippen molar-refractivity contribution in [1.82, 2.24) is 4.90 Å². The van der Waals surface area contributed by atoms with Gasteiger partial charge in [-0.1, -0.05) is 0 Å². The summed E-state index contributed by atoms with van der Waals surface area (Å²) in [7, 11) is 0. The summed E-state index contributed by atoms with van der Waals surface area (Å²) in [5.74, 6) is -0.979. The number of hydrogen-bond acceptors (Lipinski definition) is 3. The molecule has 1 fully saturated rings. The smallest absolute Gasteiger partial charge is 0.326 e. The van der Waals surface area contributed by atoms with Crippen LogP contribution in [0.2, 0.25) is 0 Å². The maximum absolute atomic E-state index is 12.0. The maximum atomic E-state index is 12.0. The third-order valence-corrected chi connectivity index (χ3v) is 3.06. The number of nitriles is 1. The Hall–Kier alpha value is -2.55. The molecular weight excluding hydrogens is 246 g/mol. The van der Waals surface area contributed by atoms with Crippen molar-refractivity contribution in [2.45, 2.75) is 18.9 Å². The van der Waals surface area contributed by atoms with Crippen LogP contribution in [0.1, 0.15) is 18.4 Å². The lowest BCUT2D eigenvalue weighted by atomic mass is 10.2. The molecular formula is C13H13N3O3. The van der Waals surface area contributed by atoms with E-state index in [2.05, 4.69) is 5.32 Å². The second-order valence-corrected chi connectivity index (χ2v) is 4.31. The number of anilines is 1. The average Bonchev–Trinajstić information content (AvgIpc) is 2.89. The van der Waals surface area contributed by atoms with Crippen LogP contribution >= 0.6 is 0 Å². The van der Waals surface area contributed by atoms with Crippen molar-refractivity contribution in [3.63, 3.8) is 0 Å². The Morgan fingerprint density at radius 2 is 2.05 bits per heavy atom. The van der Waals surface area contributed by atoms with E-state index in [4.69, 9.17) is 10.4 Å². The lowest BCUT2D eigenvalue weighted by Gasteiger charge is -2.21. The van der Waals surface area contributed by atoms with E-state index < -0.39 is 18.0 Å². The van der Waals surface area contributed by atoms with Gasteiger partial charge in [0.15, 0.2) is 0 Å². The van der Waals surface area contributed by atoms with Crippen molar-refractivity contribution in [3.05, 3.63) is 29.8 Å². The highest BCUT2D eigenvalue weighted by Crippen LogP contribution is 2.19. The predicted octanol–water partition coefficient (Wildman–Crippen LogP) is 1.64. The van der Waals surface area contributed by atoms with Gasteiger partial charge in [0.1, 0.15) is 6.04 Å². The van der Waals surface area contributed by atoms with Crippen LogP contribution in [0.5, 0.6) is 0 Å². The van der Waals surface area contributed by atoms with E-state index in [1.165, 1.54) is 4.90 Å². The van der Waals surface area contributed by atoms with E-state index >= 15 is 0 Å². The molecule has 0 spiro atoms. The van der Waals surface area contributed by atoms with Gasteiger partial charge in [-0.05, 0) is 37.1 Å². The van der Waals surface area contributed by atoms with Gasteiger partial charge in [0.05, 0.1) is 11.6 Å². The summed E-state index contributed by atoms with van der Waals surface area (Å²) >= 11 is 0. The van der Waals surface area contributed by atoms with Gasteiger partial charge in [-0.25, -0.2) is 9.59 Å². The van der Waals surface area contributed by atoms with E-state index in [-0.39, 0.29) is 0 Å². The molecule has 2 N–H and O–H groups in total. The van der Waals surface area contributed by atoms with E-state index in [0.717, 1.165) is 0 Å². The molecule has 1 atom stereocenters. The zero-order valence-electron chi connectivity index (χ0n) is 10.2. The lowest BCUT2D eigenvalue weighted by molar-refractivity contribution is -0.141. The number of benzene rings is 1. The summed E-state index contributed by atoms with van der Waals surface area (Å²) in [5.41, 5.74) is 1.04. The number of likely N-dealkylation sites (tertiary alicyclic amines) is 1. The summed E-state index contributed by atoms with van der Waals surface area (Å²) in [6.45, 7) is 0.444. The Bertz CT molecular complexity index is 533. The molecule has 1 aliphatic rings. The van der Waals surface area contributed by atoms with Crippen LogP contribution in [0.3, 0.4) is 0 Å². The standard InChI is InChI=1S/C13H13N3O3/c14-8-9-3-5-10(6-4-9)15-13(19)16-7-1-2-11(16)12(17)18/h3-6,11H,1-2,7H2,(H,15,19)(H,17,18)/t11-/m0/s1. The molecule has 0 aliphatic carbocycles. The first-order valence-electron chi connectivity index (χ1n) is 5.92. The Kier molecular flexibility index (Phi) is 3.66. The second kappa shape index (κ2) is 5.40. The Balaban J connectivity index is 2.04. The predicted molar refractivity (Wildman–Crippen MR) is 67.5 cm³/mol. The van der Waals surface area contributed by atoms with Crippen LogP contribution < -0.4 is 5.32 Å². The minimum Gasteiger partial charge on any atom is -0.480 e. The number of carbonyl (C=O) groups is 2. The SMILES string of the molecule is N#Cc1ccc(NC(=O)N2CCC[C@H]2C(=O)O)cc1. The normalized spacial score (nSPS) is 17.8. The number of nitrogens with zero attached hydrogens (tertiary/aromatic N) is 2. The van der Waals surface area contributed by atoms with E-state index in [9.17, 15) is 9.59 Å². The molecule has 2 rings (SSSR count). The molecule has 19 heavy (non-hydrogen) atoms. The molecule has 2 amide bonds. The number of rotatable bonds is 2. The molecule has 1 saturated heterocycles. The number of carboxylic acids is 1. The second-order valence-electron chi connectivity index (χ2n) is 4.31. The molecule has 1 aromatic rings. The van der Waals surface area contributed by atoms with E-state index in [1.54, 1.807) is 24.3 Å². The molecule has 98 valence electrons. The third kappa shape index (κ3) is 2.83. The fourth-order valence-corrected chi connectivity index (χ4v) is 2.09. The van der Waals surface area contributed by atoms with Crippen molar-refractivity contribution in [3.8, 4) is 6.07 Å². The molecule has 1 aromatic carbocycles. The van der Waals surface area contributed by atoms with E-state index in [1.807, 2.05) is 6.07 Å². The van der Waals surface area contributed by atoms with Crippen molar-refractivity contribution in [2.75, 3.05) is 11.9 Å². The molecule has 0 unspecified atom stereocenters. The number of urea groups is 1. The van der Waals surface area contributed by atoms with Crippen molar-refractivity contribution in [2.24, 2.45) is 0 Å². The minimum absolute atomic E-state index is 0.422. The number of carbonyl (C=O) groups excluding carboxylic acids is 1. The van der Waals surface area contributed by atoms with Gasteiger partial charge in [-0.3, -0.25) is 0 Å². The van der Waals surface area contributed by atoms with Gasteiger partial charge in [-0.2, -0.15) is 5.26 Å². The van der Waals surface area contributed by atoms with Gasteiger partial charge < -0.3 is 15.3 Å². The Morgan fingerprint density at radius 1 is 1.37 bits per heavy atom. The first-order valence-corrected chi connectivity index (χ1v) is 5.92. The topological polar surface area (TPSA) is 93.4 Å². The summed E-state index contributed by atoms with van der Waals surface area (Å²) in [5, 5.41) is 20.3. The van der Waals surface area contributed by atoms with Gasteiger partial charge in [0, 0.05) is 12.2 Å². The monoisotopic (exact) mass is 259 g/mol. The summed E-state index contributed by atoms with van der Waals surface area (Å²) in [6, 6.07) is 7.22. The number of nitrogens with one attached hydrogen (secondary N) is 1. The van der Waals surface area contributed by atoms with Crippen molar-refractivity contribution >= 4 is 17.7 Å². The molecule has 0 radical (unpaired) electrons. The summed E-state index contributed by atoms with van der Waals surface area (Å²) in [6.07, 6.45) is 1.17. The number of carboxylic acid groups (broad SMARTS) is 1. The average molecular weight is 259 g/mol. The third-order valence-electron chi connectivity index (χ3n) is 3.06. The van der Waals surface area contributed by atoms with Crippen LogP contribution in [0.25, 0.3) is 0 Å². The van der Waals surface area contributed by atoms with Gasteiger partial charge in [0.25, 0.3) is 0 Å². The van der Waals surface area contributed by atoms with Gasteiger partial charge in [-0.15, -0.1) is 0 Å². The highest BCUT2D eigenvalue weighted by Gasteiger charge is 2.33. The van der Waals surface area contributed by atoms with E-state index in [0.29, 0.717) is 30.6 Å². The first-order chi connectivity index (χ1) is 9.11. The molecule has 0 saturated carbocycles. The summed E-state index contributed by atoms with van der Waals surface area (Å²) in [4.78, 5) is 24.3. The largest absolute Gasteiger partial charge is 0.480 e. The van der Waals surface area contributed by atoms with Crippen molar-refractivity contribution < 1.29 is 14.7 Å². The first kappa shape index (κ1) is 12.9. The fraction of sp³-hybridized carbons (Fsp3) is 0.308. The molecule has 6 nitrogen and oxygen atoms in total. The van der Waals surface area contributed by atoms with Crippen LogP contribution in [0.4, 0.5) is 10.5 Å². The Morgan fingerprint density at radius 3 is 2.63 bits per heavy atom. The summed E-state index contributed by atoms with van der Waals surface area (Å²) < 4.78 is 0. The molecule has 0 aromatic heterocycles. The minimum atomic E-state index is -0.979. The van der Waals surface area contributed by atoms with Crippen LogP contribution in [-0.2, 0) is 4.79 Å². The number of amides is 2. The fourth-order valence-electron chi connectivity index (χ4n) is 2.09. The van der Waals surface area contributed by atoms with Crippen LogP contribution in [0.15, 0.2) is 24.3 Å². The van der Waals surface area contributed by atoms with Gasteiger partial charge in [0.2, 0.25) is 0 Å². The van der Waals surface area contributed by atoms with Crippen LogP contribution in [-0.4, -0.2) is 34.6 Å². The molecule has 6 heteroatoms. The van der Waals surface area contributed by atoms with Gasteiger partial charge >= 0.3 is 12.0 Å². The highest BCUT2D eigenvalue weighted by atomic mass is 16.4. The maximum Gasteiger partial charge on any atom is 0.326 e. The zero-order valence-corrected chi connectivity index (χ0v) is 10.2. The number of aliphatic carboxylic acids is 1. The molecule has 1 aliphatic heterocycles. The zero-order chi connectivity index (χ0) is 13.8. The quantitative estimate of drug-likeness (QED) is 0.844. The molecule has 1 heterocycles.